The van der Waals surface area contributed by atoms with E-state index in [1.54, 1.807) is 6.20 Å². The summed E-state index contributed by atoms with van der Waals surface area (Å²) in [4.78, 5) is 8.75. The molecule has 0 saturated carbocycles. The average Bonchev–Trinajstić information content (AvgIpc) is 3.29. The van der Waals surface area contributed by atoms with E-state index in [0.29, 0.717) is 19.0 Å². The van der Waals surface area contributed by atoms with Crippen LogP contribution in [0.5, 0.6) is 0 Å². The zero-order valence-corrected chi connectivity index (χ0v) is 19.5. The molecule has 0 saturated heterocycles. The van der Waals surface area contributed by atoms with Crippen LogP contribution in [0.3, 0.4) is 0 Å². The van der Waals surface area contributed by atoms with Gasteiger partial charge >= 0.3 is 0 Å². The van der Waals surface area contributed by atoms with E-state index in [4.69, 9.17) is 0 Å². The molecule has 0 aliphatic rings. The van der Waals surface area contributed by atoms with Crippen molar-refractivity contribution in [3.63, 3.8) is 0 Å². The van der Waals surface area contributed by atoms with Gasteiger partial charge in [-0.2, -0.15) is 0 Å². The van der Waals surface area contributed by atoms with Gasteiger partial charge in [0.05, 0.1) is 19.0 Å². The molecule has 6 heteroatoms. The summed E-state index contributed by atoms with van der Waals surface area (Å²) in [5.41, 5.74) is 4.61. The van der Waals surface area contributed by atoms with Crippen molar-refractivity contribution in [3.05, 3.63) is 89.5 Å². The molecule has 0 radical (unpaired) electrons. The standard InChI is InChI=1S/C26H35N5O/c1-5-28-25(30-17-24(32)22-10-12-23(13-11-22)26(2,3)4)29-16-20-6-8-21(9-7-20)18-31-15-14-27-19-31/h6-15,19,24,32H,5,16-18H2,1-4H3,(H2,28,29,30). The van der Waals surface area contributed by atoms with Crippen molar-refractivity contribution in [3.8, 4) is 0 Å². The molecule has 0 aliphatic carbocycles. The molecule has 2 aromatic carbocycles. The second-order valence-electron chi connectivity index (χ2n) is 9.02. The first-order valence-electron chi connectivity index (χ1n) is 11.2. The maximum atomic E-state index is 10.6. The molecule has 0 spiro atoms. The Hall–Kier alpha value is -3.12. The molecule has 3 rings (SSSR count). The fraction of sp³-hybridized carbons (Fsp3) is 0.385. The monoisotopic (exact) mass is 433 g/mol. The van der Waals surface area contributed by atoms with Crippen molar-refractivity contribution in [2.75, 3.05) is 13.1 Å². The van der Waals surface area contributed by atoms with E-state index in [-0.39, 0.29) is 5.41 Å². The number of aliphatic hydroxyl groups excluding tert-OH is 1. The van der Waals surface area contributed by atoms with Crippen LogP contribution in [-0.4, -0.2) is 33.7 Å². The fourth-order valence-electron chi connectivity index (χ4n) is 3.37. The molecular formula is C26H35N5O. The normalized spacial score (nSPS) is 13.1. The van der Waals surface area contributed by atoms with E-state index in [9.17, 15) is 5.11 Å². The number of guanidine groups is 1. The zero-order valence-electron chi connectivity index (χ0n) is 19.5. The van der Waals surface area contributed by atoms with E-state index in [0.717, 1.165) is 24.2 Å². The predicted molar refractivity (Wildman–Crippen MR) is 131 cm³/mol. The van der Waals surface area contributed by atoms with Crippen LogP contribution in [0.25, 0.3) is 0 Å². The number of benzene rings is 2. The Labute approximate surface area is 191 Å². The van der Waals surface area contributed by atoms with Gasteiger partial charge in [0, 0.05) is 32.0 Å². The molecule has 0 fully saturated rings. The minimum absolute atomic E-state index is 0.101. The van der Waals surface area contributed by atoms with Crippen molar-refractivity contribution in [2.24, 2.45) is 4.99 Å². The molecule has 0 aliphatic heterocycles. The number of nitrogens with zero attached hydrogens (tertiary/aromatic N) is 3. The van der Waals surface area contributed by atoms with Gasteiger partial charge in [0.25, 0.3) is 0 Å². The van der Waals surface area contributed by atoms with Crippen LogP contribution >= 0.6 is 0 Å². The molecule has 1 aromatic heterocycles. The summed E-state index contributed by atoms with van der Waals surface area (Å²) in [6, 6.07) is 16.6. The minimum atomic E-state index is -0.602. The molecule has 0 bridgehead atoms. The second-order valence-corrected chi connectivity index (χ2v) is 9.02. The fourth-order valence-corrected chi connectivity index (χ4v) is 3.37. The van der Waals surface area contributed by atoms with Gasteiger partial charge in [0.2, 0.25) is 0 Å². The lowest BCUT2D eigenvalue weighted by Crippen LogP contribution is -2.39. The quantitative estimate of drug-likeness (QED) is 0.371. The van der Waals surface area contributed by atoms with Crippen LogP contribution < -0.4 is 10.6 Å². The van der Waals surface area contributed by atoms with Gasteiger partial charge in [-0.05, 0) is 34.6 Å². The molecular weight excluding hydrogens is 398 g/mol. The van der Waals surface area contributed by atoms with Gasteiger partial charge in [-0.25, -0.2) is 9.98 Å². The maximum absolute atomic E-state index is 10.6. The zero-order chi connectivity index (χ0) is 23.0. The van der Waals surface area contributed by atoms with E-state index < -0.39 is 6.10 Å². The highest BCUT2D eigenvalue weighted by Gasteiger charge is 2.15. The summed E-state index contributed by atoms with van der Waals surface area (Å²) >= 11 is 0. The van der Waals surface area contributed by atoms with Crippen LogP contribution in [0.4, 0.5) is 0 Å². The highest BCUT2D eigenvalue weighted by Crippen LogP contribution is 2.23. The number of hydrogen-bond donors (Lipinski definition) is 3. The molecule has 32 heavy (non-hydrogen) atoms. The predicted octanol–water partition coefficient (Wildman–Crippen LogP) is 4.02. The van der Waals surface area contributed by atoms with Gasteiger partial charge < -0.3 is 20.3 Å². The number of aliphatic hydroxyl groups is 1. The molecule has 1 unspecified atom stereocenters. The molecule has 1 heterocycles. The molecule has 0 amide bonds. The third kappa shape index (κ3) is 6.95. The summed E-state index contributed by atoms with van der Waals surface area (Å²) in [6.07, 6.45) is 4.96. The summed E-state index contributed by atoms with van der Waals surface area (Å²) in [5, 5.41) is 17.1. The first-order valence-corrected chi connectivity index (χ1v) is 11.2. The first kappa shape index (κ1) is 23.5. The highest BCUT2D eigenvalue weighted by molar-refractivity contribution is 5.79. The van der Waals surface area contributed by atoms with E-state index >= 15 is 0 Å². The summed E-state index contributed by atoms with van der Waals surface area (Å²) in [7, 11) is 0. The Morgan fingerprint density at radius 3 is 2.31 bits per heavy atom. The number of aromatic nitrogens is 2. The SMILES string of the molecule is CCNC(=NCc1ccc(Cn2ccnc2)cc1)NCC(O)c1ccc(C(C)(C)C)cc1. The Morgan fingerprint density at radius 2 is 1.72 bits per heavy atom. The smallest absolute Gasteiger partial charge is 0.191 e. The van der Waals surface area contributed by atoms with Crippen molar-refractivity contribution < 1.29 is 5.11 Å². The summed E-state index contributed by atoms with van der Waals surface area (Å²) in [6.45, 7) is 11.1. The van der Waals surface area contributed by atoms with Gasteiger partial charge in [0.15, 0.2) is 5.96 Å². The third-order valence-electron chi connectivity index (χ3n) is 5.34. The number of hydrogen-bond acceptors (Lipinski definition) is 3. The van der Waals surface area contributed by atoms with Gasteiger partial charge in [-0.3, -0.25) is 0 Å². The highest BCUT2D eigenvalue weighted by atomic mass is 16.3. The van der Waals surface area contributed by atoms with Crippen molar-refractivity contribution in [1.82, 2.24) is 20.2 Å². The van der Waals surface area contributed by atoms with Crippen molar-refractivity contribution in [1.29, 1.82) is 0 Å². The lowest BCUT2D eigenvalue weighted by atomic mass is 9.86. The van der Waals surface area contributed by atoms with Crippen LogP contribution in [0, 0.1) is 0 Å². The van der Waals surface area contributed by atoms with Gasteiger partial charge in [0.1, 0.15) is 0 Å². The number of aliphatic imine (C=N–C) groups is 1. The Kier molecular flexibility index (Phi) is 8.06. The molecule has 3 N–H and O–H groups in total. The van der Waals surface area contributed by atoms with Crippen molar-refractivity contribution >= 4 is 5.96 Å². The van der Waals surface area contributed by atoms with Crippen LogP contribution in [0.15, 0.2) is 72.2 Å². The van der Waals surface area contributed by atoms with E-state index in [1.807, 2.05) is 36.1 Å². The number of rotatable bonds is 8. The molecule has 170 valence electrons. The van der Waals surface area contributed by atoms with Gasteiger partial charge in [-0.15, -0.1) is 0 Å². The summed E-state index contributed by atoms with van der Waals surface area (Å²) < 4.78 is 2.04. The first-order chi connectivity index (χ1) is 15.3. The van der Waals surface area contributed by atoms with E-state index in [1.165, 1.54) is 11.1 Å². The Balaban J connectivity index is 1.55. The Bertz CT molecular complexity index is 971. The van der Waals surface area contributed by atoms with Crippen LogP contribution in [-0.2, 0) is 18.5 Å². The van der Waals surface area contributed by atoms with Crippen LogP contribution in [0.1, 0.15) is 56.1 Å². The van der Waals surface area contributed by atoms with E-state index in [2.05, 4.69) is 77.8 Å². The average molecular weight is 434 g/mol. The second kappa shape index (κ2) is 11.0. The lowest BCUT2D eigenvalue weighted by Gasteiger charge is -2.20. The largest absolute Gasteiger partial charge is 0.387 e. The van der Waals surface area contributed by atoms with Gasteiger partial charge in [-0.1, -0.05) is 69.3 Å². The summed E-state index contributed by atoms with van der Waals surface area (Å²) in [5.74, 6) is 0.695. The molecule has 1 atom stereocenters. The lowest BCUT2D eigenvalue weighted by molar-refractivity contribution is 0.181. The molecule has 6 nitrogen and oxygen atoms in total. The Morgan fingerprint density at radius 1 is 1.03 bits per heavy atom. The van der Waals surface area contributed by atoms with Crippen LogP contribution in [0.2, 0.25) is 0 Å². The topological polar surface area (TPSA) is 74.5 Å². The third-order valence-corrected chi connectivity index (χ3v) is 5.34. The number of nitrogens with one attached hydrogen (secondary N) is 2. The molecule has 3 aromatic rings. The maximum Gasteiger partial charge on any atom is 0.191 e. The number of imidazole rings is 1. The van der Waals surface area contributed by atoms with Crippen molar-refractivity contribution in [2.45, 2.75) is 52.3 Å². The minimum Gasteiger partial charge on any atom is -0.387 e.